The molecule has 1 fully saturated rings. The van der Waals surface area contributed by atoms with Crippen molar-refractivity contribution < 1.29 is 9.53 Å². The number of carbonyl (C=O) groups is 1. The molecule has 0 aliphatic carbocycles. The maximum absolute atomic E-state index is 12.6. The topological polar surface area (TPSA) is 55.6 Å². The van der Waals surface area contributed by atoms with Gasteiger partial charge in [0.2, 0.25) is 5.91 Å². The Morgan fingerprint density at radius 3 is 2.76 bits per heavy atom. The molecule has 21 heavy (non-hydrogen) atoms. The van der Waals surface area contributed by atoms with E-state index >= 15 is 0 Å². The minimum Gasteiger partial charge on any atom is -0.491 e. The smallest absolute Gasteiger partial charge is 0.227 e. The molecule has 2 atom stereocenters. The number of ether oxygens (including phenoxy) is 1. The van der Waals surface area contributed by atoms with E-state index in [1.807, 2.05) is 43.0 Å². The maximum atomic E-state index is 12.6. The molecule has 2 N–H and O–H groups in total. The first kappa shape index (κ1) is 15.8. The van der Waals surface area contributed by atoms with Crippen molar-refractivity contribution in [2.24, 2.45) is 11.7 Å². The summed E-state index contributed by atoms with van der Waals surface area (Å²) in [7, 11) is 0. The predicted octanol–water partition coefficient (Wildman–Crippen LogP) is 2.21. The van der Waals surface area contributed by atoms with Gasteiger partial charge in [-0.3, -0.25) is 4.79 Å². The van der Waals surface area contributed by atoms with Crippen molar-refractivity contribution in [1.82, 2.24) is 4.90 Å². The zero-order valence-electron chi connectivity index (χ0n) is 13.2. The number of carbonyl (C=O) groups excluding carboxylic acids is 1. The Morgan fingerprint density at radius 2 is 2.14 bits per heavy atom. The molecule has 2 rings (SSSR count). The summed E-state index contributed by atoms with van der Waals surface area (Å²) < 4.78 is 5.79. The van der Waals surface area contributed by atoms with Gasteiger partial charge in [-0.15, -0.1) is 0 Å². The number of nitrogens with zero attached hydrogens (tertiary/aromatic N) is 1. The lowest BCUT2D eigenvalue weighted by molar-refractivity contribution is -0.131. The second-order valence-electron chi connectivity index (χ2n) is 6.18. The molecule has 2 unspecified atom stereocenters. The second kappa shape index (κ2) is 6.94. The van der Waals surface area contributed by atoms with E-state index < -0.39 is 0 Å². The number of benzene rings is 1. The SMILES string of the molecule is CC(C)Oc1ccccc1CC(=O)N1CC(CN)CC1C. The van der Waals surface area contributed by atoms with Crippen LogP contribution in [0.15, 0.2) is 24.3 Å². The van der Waals surface area contributed by atoms with Crippen molar-refractivity contribution in [2.75, 3.05) is 13.1 Å². The highest BCUT2D eigenvalue weighted by Crippen LogP contribution is 2.25. The summed E-state index contributed by atoms with van der Waals surface area (Å²) in [6, 6.07) is 8.07. The van der Waals surface area contributed by atoms with Gasteiger partial charge in [0.15, 0.2) is 0 Å². The summed E-state index contributed by atoms with van der Waals surface area (Å²) >= 11 is 0. The summed E-state index contributed by atoms with van der Waals surface area (Å²) in [4.78, 5) is 14.5. The van der Waals surface area contributed by atoms with Crippen molar-refractivity contribution in [2.45, 2.75) is 45.8 Å². The molecule has 4 nitrogen and oxygen atoms in total. The van der Waals surface area contributed by atoms with Crippen LogP contribution in [0.3, 0.4) is 0 Å². The van der Waals surface area contributed by atoms with E-state index in [-0.39, 0.29) is 18.1 Å². The van der Waals surface area contributed by atoms with Gasteiger partial charge in [-0.05, 0) is 45.7 Å². The normalized spacial score (nSPS) is 21.9. The van der Waals surface area contributed by atoms with E-state index in [0.29, 0.717) is 18.9 Å². The first-order valence-corrected chi connectivity index (χ1v) is 7.75. The first-order valence-electron chi connectivity index (χ1n) is 7.75. The molecule has 4 heteroatoms. The maximum Gasteiger partial charge on any atom is 0.227 e. The third kappa shape index (κ3) is 3.97. The molecule has 1 saturated heterocycles. The van der Waals surface area contributed by atoms with Gasteiger partial charge in [0.05, 0.1) is 12.5 Å². The van der Waals surface area contributed by atoms with Crippen LogP contribution in [0.5, 0.6) is 5.75 Å². The molecule has 1 heterocycles. The Kier molecular flexibility index (Phi) is 5.23. The lowest BCUT2D eigenvalue weighted by Crippen LogP contribution is -2.35. The number of hydrogen-bond donors (Lipinski definition) is 1. The molecule has 0 aromatic heterocycles. The van der Waals surface area contributed by atoms with Crippen LogP contribution < -0.4 is 10.5 Å². The van der Waals surface area contributed by atoms with Crippen LogP contribution in [0, 0.1) is 5.92 Å². The lowest BCUT2D eigenvalue weighted by atomic mass is 10.1. The fraction of sp³-hybridized carbons (Fsp3) is 0.588. The lowest BCUT2D eigenvalue weighted by Gasteiger charge is -2.22. The van der Waals surface area contributed by atoms with Gasteiger partial charge in [0, 0.05) is 18.2 Å². The molecule has 1 aromatic rings. The summed E-state index contributed by atoms with van der Waals surface area (Å²) in [5, 5.41) is 0. The van der Waals surface area contributed by atoms with Gasteiger partial charge >= 0.3 is 0 Å². The van der Waals surface area contributed by atoms with Gasteiger partial charge in [0.1, 0.15) is 5.75 Å². The predicted molar refractivity (Wildman–Crippen MR) is 84.2 cm³/mol. The largest absolute Gasteiger partial charge is 0.491 e. The molecule has 1 aliphatic heterocycles. The van der Waals surface area contributed by atoms with Crippen molar-refractivity contribution >= 4 is 5.91 Å². The van der Waals surface area contributed by atoms with Crippen LogP contribution in [-0.4, -0.2) is 36.0 Å². The van der Waals surface area contributed by atoms with Crippen molar-refractivity contribution in [3.8, 4) is 5.75 Å². The minimum atomic E-state index is 0.105. The van der Waals surface area contributed by atoms with E-state index in [4.69, 9.17) is 10.5 Å². The number of hydrogen-bond acceptors (Lipinski definition) is 3. The summed E-state index contributed by atoms with van der Waals surface area (Å²) in [5.74, 6) is 1.41. The van der Waals surface area contributed by atoms with Crippen LogP contribution in [0.2, 0.25) is 0 Å². The average Bonchev–Trinajstić information content (AvgIpc) is 2.82. The minimum absolute atomic E-state index is 0.105. The highest BCUT2D eigenvalue weighted by molar-refractivity contribution is 5.80. The van der Waals surface area contributed by atoms with Gasteiger partial charge in [-0.25, -0.2) is 0 Å². The van der Waals surface area contributed by atoms with Gasteiger partial charge in [0.25, 0.3) is 0 Å². The monoisotopic (exact) mass is 290 g/mol. The van der Waals surface area contributed by atoms with Gasteiger partial charge in [-0.2, -0.15) is 0 Å². The molecular formula is C17H26N2O2. The zero-order valence-corrected chi connectivity index (χ0v) is 13.2. The molecule has 0 saturated carbocycles. The number of para-hydroxylation sites is 1. The second-order valence-corrected chi connectivity index (χ2v) is 6.18. The molecule has 1 amide bonds. The fourth-order valence-electron chi connectivity index (χ4n) is 2.94. The Balaban J connectivity index is 2.06. The average molecular weight is 290 g/mol. The first-order chi connectivity index (χ1) is 10.0. The van der Waals surface area contributed by atoms with Crippen molar-refractivity contribution in [3.63, 3.8) is 0 Å². The highest BCUT2D eigenvalue weighted by atomic mass is 16.5. The standard InChI is InChI=1S/C17H26N2O2/c1-12(2)21-16-7-5-4-6-15(16)9-17(20)19-11-14(10-18)8-13(19)3/h4-7,12-14H,8-11,18H2,1-3H3. The van der Waals surface area contributed by atoms with E-state index in [1.54, 1.807) is 0 Å². The molecule has 1 aromatic carbocycles. The Hall–Kier alpha value is -1.55. The number of likely N-dealkylation sites (tertiary alicyclic amines) is 1. The molecule has 1 aliphatic rings. The van der Waals surface area contributed by atoms with Crippen LogP contribution in [-0.2, 0) is 11.2 Å². The van der Waals surface area contributed by atoms with E-state index in [2.05, 4.69) is 6.92 Å². The third-order valence-electron chi connectivity index (χ3n) is 3.99. The zero-order chi connectivity index (χ0) is 15.4. The molecule has 0 spiro atoms. The summed E-state index contributed by atoms with van der Waals surface area (Å²) in [6.07, 6.45) is 1.50. The quantitative estimate of drug-likeness (QED) is 0.904. The van der Waals surface area contributed by atoms with Crippen LogP contribution >= 0.6 is 0 Å². The Labute approximate surface area is 127 Å². The van der Waals surface area contributed by atoms with E-state index in [0.717, 1.165) is 24.3 Å². The summed E-state index contributed by atoms with van der Waals surface area (Å²) in [5.41, 5.74) is 6.69. The molecule has 0 radical (unpaired) electrons. The van der Waals surface area contributed by atoms with Crippen LogP contribution in [0.4, 0.5) is 0 Å². The fourth-order valence-corrected chi connectivity index (χ4v) is 2.94. The van der Waals surface area contributed by atoms with Gasteiger partial charge < -0.3 is 15.4 Å². The van der Waals surface area contributed by atoms with Gasteiger partial charge in [-0.1, -0.05) is 18.2 Å². The molecule has 0 bridgehead atoms. The third-order valence-corrected chi connectivity index (χ3v) is 3.99. The molecule has 116 valence electrons. The highest BCUT2D eigenvalue weighted by Gasteiger charge is 2.31. The number of amides is 1. The van der Waals surface area contributed by atoms with E-state index in [1.165, 1.54) is 0 Å². The van der Waals surface area contributed by atoms with Crippen LogP contribution in [0.25, 0.3) is 0 Å². The van der Waals surface area contributed by atoms with Crippen LogP contribution in [0.1, 0.15) is 32.8 Å². The van der Waals surface area contributed by atoms with Crippen molar-refractivity contribution in [1.29, 1.82) is 0 Å². The summed E-state index contributed by atoms with van der Waals surface area (Å²) in [6.45, 7) is 7.52. The Bertz CT molecular complexity index is 487. The van der Waals surface area contributed by atoms with Crippen molar-refractivity contribution in [3.05, 3.63) is 29.8 Å². The Morgan fingerprint density at radius 1 is 1.43 bits per heavy atom. The number of nitrogens with two attached hydrogens (primary N) is 1. The van der Waals surface area contributed by atoms with E-state index in [9.17, 15) is 4.79 Å². The molecular weight excluding hydrogens is 264 g/mol. The number of rotatable bonds is 5.